The Bertz CT molecular complexity index is 252. The van der Waals surface area contributed by atoms with Crippen molar-refractivity contribution in [3.63, 3.8) is 0 Å². The second-order valence-corrected chi connectivity index (χ2v) is 6.38. The fraction of sp³-hybridized carbons (Fsp3) is 0.938. The summed E-state index contributed by atoms with van der Waals surface area (Å²) in [6.07, 6.45) is 13.2. The normalized spacial score (nSPS) is 30.6. The number of fused-ring (bicyclic) bond motifs is 2. The number of hydrogen-bond donors (Lipinski definition) is 1. The van der Waals surface area contributed by atoms with Crippen LogP contribution in [0, 0.1) is 5.92 Å². The molecule has 2 atom stereocenters. The van der Waals surface area contributed by atoms with Crippen molar-refractivity contribution in [2.75, 3.05) is 0 Å². The zero-order valence-corrected chi connectivity index (χ0v) is 11.9. The predicted molar refractivity (Wildman–Crippen MR) is 75.7 cm³/mol. The molecular formula is C16H29NO. The minimum atomic E-state index is 0.526. The van der Waals surface area contributed by atoms with E-state index in [1.807, 2.05) is 0 Å². The van der Waals surface area contributed by atoms with E-state index < -0.39 is 0 Å². The van der Waals surface area contributed by atoms with Crippen LogP contribution in [0.4, 0.5) is 0 Å². The third kappa shape index (κ3) is 4.38. The third-order valence-electron chi connectivity index (χ3n) is 4.65. The second-order valence-electron chi connectivity index (χ2n) is 6.38. The minimum absolute atomic E-state index is 0.526. The maximum atomic E-state index is 12.0. The number of piperidine rings is 1. The topological polar surface area (TPSA) is 29.1 Å². The first-order valence-electron chi connectivity index (χ1n) is 8.05. The van der Waals surface area contributed by atoms with Gasteiger partial charge in [-0.25, -0.2) is 0 Å². The van der Waals surface area contributed by atoms with Gasteiger partial charge in [0.2, 0.25) is 0 Å². The molecule has 0 aromatic carbocycles. The van der Waals surface area contributed by atoms with E-state index in [2.05, 4.69) is 12.2 Å². The van der Waals surface area contributed by atoms with Crippen LogP contribution >= 0.6 is 0 Å². The lowest BCUT2D eigenvalue weighted by molar-refractivity contribution is -0.120. The molecule has 2 heterocycles. The monoisotopic (exact) mass is 251 g/mol. The molecule has 2 heteroatoms. The summed E-state index contributed by atoms with van der Waals surface area (Å²) in [6.45, 7) is 2.23. The molecule has 2 aliphatic heterocycles. The molecular weight excluding hydrogens is 222 g/mol. The summed E-state index contributed by atoms with van der Waals surface area (Å²) in [6, 6.07) is 1.46. The van der Waals surface area contributed by atoms with E-state index in [0.717, 1.165) is 31.3 Å². The SMILES string of the molecule is CCCCCCCC(=O)CC1CC2CCC(C1)N2. The smallest absolute Gasteiger partial charge is 0.133 e. The maximum Gasteiger partial charge on any atom is 0.133 e. The average molecular weight is 251 g/mol. The molecule has 2 nitrogen and oxygen atoms in total. The predicted octanol–water partition coefficient (Wildman–Crippen LogP) is 3.84. The molecule has 1 N–H and O–H groups in total. The molecule has 0 aromatic heterocycles. The number of unbranched alkanes of at least 4 members (excludes halogenated alkanes) is 4. The van der Waals surface area contributed by atoms with Gasteiger partial charge >= 0.3 is 0 Å². The molecule has 2 fully saturated rings. The Balaban J connectivity index is 1.57. The first-order chi connectivity index (χ1) is 8.78. The average Bonchev–Trinajstić information content (AvgIpc) is 2.68. The molecule has 0 amide bonds. The summed E-state index contributed by atoms with van der Waals surface area (Å²) < 4.78 is 0. The summed E-state index contributed by atoms with van der Waals surface area (Å²) in [5.74, 6) is 1.21. The molecule has 0 aromatic rings. The van der Waals surface area contributed by atoms with Crippen LogP contribution in [0.1, 0.15) is 77.6 Å². The number of hydrogen-bond acceptors (Lipinski definition) is 2. The van der Waals surface area contributed by atoms with Crippen molar-refractivity contribution in [3.05, 3.63) is 0 Å². The fourth-order valence-corrected chi connectivity index (χ4v) is 3.69. The van der Waals surface area contributed by atoms with E-state index >= 15 is 0 Å². The molecule has 2 rings (SSSR count). The fourth-order valence-electron chi connectivity index (χ4n) is 3.69. The van der Waals surface area contributed by atoms with Crippen LogP contribution in [0.3, 0.4) is 0 Å². The molecule has 2 unspecified atom stereocenters. The first-order valence-corrected chi connectivity index (χ1v) is 8.05. The molecule has 104 valence electrons. The number of Topliss-reactive ketones (excluding diaryl/α,β-unsaturated/α-hetero) is 1. The lowest BCUT2D eigenvalue weighted by Gasteiger charge is -2.28. The van der Waals surface area contributed by atoms with Gasteiger partial charge in [-0.2, -0.15) is 0 Å². The standard InChI is InChI=1S/C16H29NO/c1-2-3-4-5-6-7-16(18)12-13-10-14-8-9-15(11-13)17-14/h13-15,17H,2-12H2,1H3. The quantitative estimate of drug-likeness (QED) is 0.664. The summed E-state index contributed by atoms with van der Waals surface area (Å²) in [7, 11) is 0. The van der Waals surface area contributed by atoms with Crippen molar-refractivity contribution < 1.29 is 4.79 Å². The van der Waals surface area contributed by atoms with Gasteiger partial charge in [0.15, 0.2) is 0 Å². The Morgan fingerprint density at radius 3 is 2.39 bits per heavy atom. The number of nitrogens with one attached hydrogen (secondary N) is 1. The van der Waals surface area contributed by atoms with Gasteiger partial charge in [0.25, 0.3) is 0 Å². The molecule has 0 radical (unpaired) electrons. The van der Waals surface area contributed by atoms with Crippen molar-refractivity contribution in [2.24, 2.45) is 5.92 Å². The van der Waals surface area contributed by atoms with Crippen LogP contribution in [0.5, 0.6) is 0 Å². The molecule has 18 heavy (non-hydrogen) atoms. The van der Waals surface area contributed by atoms with Crippen LogP contribution in [-0.4, -0.2) is 17.9 Å². The molecule has 0 saturated carbocycles. The number of carbonyl (C=O) groups is 1. The van der Waals surface area contributed by atoms with Crippen LogP contribution in [0.15, 0.2) is 0 Å². The highest BCUT2D eigenvalue weighted by atomic mass is 16.1. The highest BCUT2D eigenvalue weighted by Gasteiger charge is 2.33. The van der Waals surface area contributed by atoms with Gasteiger partial charge in [0, 0.05) is 24.9 Å². The zero-order valence-electron chi connectivity index (χ0n) is 11.9. The van der Waals surface area contributed by atoms with E-state index in [0.29, 0.717) is 11.7 Å². The Morgan fingerprint density at radius 2 is 1.72 bits per heavy atom. The largest absolute Gasteiger partial charge is 0.311 e. The van der Waals surface area contributed by atoms with Crippen molar-refractivity contribution in [2.45, 2.75) is 89.6 Å². The van der Waals surface area contributed by atoms with Gasteiger partial charge in [-0.1, -0.05) is 32.6 Å². The van der Waals surface area contributed by atoms with E-state index in [1.54, 1.807) is 0 Å². The first kappa shape index (κ1) is 14.0. The van der Waals surface area contributed by atoms with E-state index in [1.165, 1.54) is 51.4 Å². The zero-order chi connectivity index (χ0) is 12.8. The minimum Gasteiger partial charge on any atom is -0.311 e. The Hall–Kier alpha value is -0.370. The highest BCUT2D eigenvalue weighted by molar-refractivity contribution is 5.78. The maximum absolute atomic E-state index is 12.0. The summed E-state index contributed by atoms with van der Waals surface area (Å²) in [5.41, 5.74) is 0. The van der Waals surface area contributed by atoms with Gasteiger partial charge in [0.1, 0.15) is 5.78 Å². The van der Waals surface area contributed by atoms with Gasteiger partial charge in [0.05, 0.1) is 0 Å². The molecule has 0 spiro atoms. The Morgan fingerprint density at radius 1 is 1.06 bits per heavy atom. The Kier molecular flexibility index (Phi) is 5.68. The molecule has 2 aliphatic rings. The van der Waals surface area contributed by atoms with Crippen molar-refractivity contribution in [1.82, 2.24) is 5.32 Å². The van der Waals surface area contributed by atoms with Crippen molar-refractivity contribution in [3.8, 4) is 0 Å². The molecule has 0 aliphatic carbocycles. The number of carbonyl (C=O) groups excluding carboxylic acids is 1. The van der Waals surface area contributed by atoms with Crippen LogP contribution in [0.2, 0.25) is 0 Å². The van der Waals surface area contributed by atoms with E-state index in [-0.39, 0.29) is 0 Å². The number of ketones is 1. The lowest BCUT2D eigenvalue weighted by atomic mass is 9.87. The van der Waals surface area contributed by atoms with Gasteiger partial charge in [-0.15, -0.1) is 0 Å². The second kappa shape index (κ2) is 7.28. The van der Waals surface area contributed by atoms with Crippen LogP contribution in [-0.2, 0) is 4.79 Å². The van der Waals surface area contributed by atoms with E-state index in [4.69, 9.17) is 0 Å². The van der Waals surface area contributed by atoms with Gasteiger partial charge < -0.3 is 5.32 Å². The van der Waals surface area contributed by atoms with Gasteiger partial charge in [-0.05, 0) is 38.0 Å². The third-order valence-corrected chi connectivity index (χ3v) is 4.65. The van der Waals surface area contributed by atoms with Crippen LogP contribution < -0.4 is 5.32 Å². The van der Waals surface area contributed by atoms with Gasteiger partial charge in [-0.3, -0.25) is 4.79 Å². The highest BCUT2D eigenvalue weighted by Crippen LogP contribution is 2.33. The van der Waals surface area contributed by atoms with Crippen molar-refractivity contribution in [1.29, 1.82) is 0 Å². The summed E-state index contributed by atoms with van der Waals surface area (Å²) in [5, 5.41) is 3.65. The number of rotatable bonds is 8. The summed E-state index contributed by atoms with van der Waals surface area (Å²) >= 11 is 0. The molecule has 2 bridgehead atoms. The van der Waals surface area contributed by atoms with Crippen LogP contribution in [0.25, 0.3) is 0 Å². The summed E-state index contributed by atoms with van der Waals surface area (Å²) in [4.78, 5) is 12.0. The Labute approximate surface area is 112 Å². The lowest BCUT2D eigenvalue weighted by Crippen LogP contribution is -2.38. The van der Waals surface area contributed by atoms with Crippen molar-refractivity contribution >= 4 is 5.78 Å². The van der Waals surface area contributed by atoms with E-state index in [9.17, 15) is 4.79 Å². The molecule has 2 saturated heterocycles.